The zero-order chi connectivity index (χ0) is 91.7. The largest absolute Gasteiger partial charge is 0.453 e. The maximum absolute atomic E-state index is 7.12. The molecule has 652 valence electrons. The summed E-state index contributed by atoms with van der Waals surface area (Å²) in [5, 5.41) is 19.3. The first-order valence-corrected chi connectivity index (χ1v) is 49.5. The number of para-hydroxylation sites is 6. The Morgan fingerprint density at radius 2 is 0.457 bits per heavy atom. The van der Waals surface area contributed by atoms with Crippen LogP contribution in [0.5, 0.6) is 0 Å². The Kier molecular flexibility index (Phi) is 18.1. The SMILES string of the molecule is c1ccc(-c2nc(-c3ccccc3)nc(-c3cccc4c3oc3c(-n5c6ccccc6c6cc(-n7c8ccccc8c8cc(-c9cccc%10c9sc9ccccc9%10)ccc87)ccc65)cccc34)n2)cc1.c1ccc(-c2nc(-c3ccccc3)nc(-c3cccc4c3sc3c(-n5c6ccccc6c6cc(-n7c8ccccc8c8cc(-c9cccc%10c9sc9ccccc9%10)ccc87)ccc65)cccc34)n2)cc1. The van der Waals surface area contributed by atoms with Crippen LogP contribution < -0.4 is 0 Å². The molecule has 0 radical (unpaired) electrons. The van der Waals surface area contributed by atoms with Crippen molar-refractivity contribution in [3.8, 4) is 113 Å². The molecule has 10 heterocycles. The number of nitrogens with zero attached hydrogens (tertiary/aromatic N) is 10. The Hall–Kier alpha value is -17.9. The molecule has 0 unspecified atom stereocenters. The molecule has 0 atom stereocenters. The number of thiophene rings is 3. The molecular formula is C126H74N10OS3. The predicted molar refractivity (Wildman–Crippen MR) is 586 cm³/mol. The van der Waals surface area contributed by atoms with Crippen molar-refractivity contribution in [2.45, 2.75) is 0 Å². The fourth-order valence-corrected chi connectivity index (χ4v) is 25.5. The second-order valence-corrected chi connectivity index (χ2v) is 38.9. The zero-order valence-electron chi connectivity index (χ0n) is 74.8. The molecule has 0 amide bonds. The number of benzene rings is 20. The Balaban J connectivity index is 0.000000134. The molecule has 0 saturated carbocycles. The second-order valence-electron chi connectivity index (χ2n) is 35.8. The molecule has 20 aromatic carbocycles. The third kappa shape index (κ3) is 12.6. The molecule has 0 spiro atoms. The van der Waals surface area contributed by atoms with Crippen molar-refractivity contribution in [3.05, 3.63) is 449 Å². The first kappa shape index (κ1) is 79.5. The van der Waals surface area contributed by atoms with Crippen LogP contribution in [0.4, 0.5) is 0 Å². The van der Waals surface area contributed by atoms with Gasteiger partial charge in [-0.3, -0.25) is 0 Å². The number of hydrogen-bond acceptors (Lipinski definition) is 10. The van der Waals surface area contributed by atoms with E-state index in [0.717, 1.165) is 105 Å². The quantitative estimate of drug-likeness (QED) is 0.120. The molecule has 0 aliphatic rings. The summed E-state index contributed by atoms with van der Waals surface area (Å²) < 4.78 is 24.5. The molecule has 0 aliphatic heterocycles. The lowest BCUT2D eigenvalue weighted by molar-refractivity contribution is 0.667. The average molecular weight is 1840 g/mol. The lowest BCUT2D eigenvalue weighted by Gasteiger charge is -2.11. The van der Waals surface area contributed by atoms with Crippen LogP contribution in [0.15, 0.2) is 453 Å². The number of aromatic nitrogens is 10. The van der Waals surface area contributed by atoms with Crippen LogP contribution in [0.1, 0.15) is 0 Å². The topological polar surface area (TPSA) is 110 Å². The van der Waals surface area contributed by atoms with E-state index in [0.29, 0.717) is 34.9 Å². The minimum absolute atomic E-state index is 0.554. The van der Waals surface area contributed by atoms with Crippen LogP contribution in [0.3, 0.4) is 0 Å². The van der Waals surface area contributed by atoms with Gasteiger partial charge in [0.25, 0.3) is 0 Å². The van der Waals surface area contributed by atoms with Crippen LogP contribution >= 0.6 is 34.0 Å². The summed E-state index contributed by atoms with van der Waals surface area (Å²) in [6.45, 7) is 0. The predicted octanol–water partition coefficient (Wildman–Crippen LogP) is 34.5. The lowest BCUT2D eigenvalue weighted by atomic mass is 10.0. The van der Waals surface area contributed by atoms with E-state index in [1.807, 2.05) is 137 Å². The summed E-state index contributed by atoms with van der Waals surface area (Å²) in [5.41, 5.74) is 25.6. The maximum atomic E-state index is 7.12. The summed E-state index contributed by atoms with van der Waals surface area (Å²) in [6, 6.07) is 161. The number of rotatable bonds is 12. The van der Waals surface area contributed by atoms with Gasteiger partial charge in [-0.25, -0.2) is 29.9 Å². The molecule has 11 nitrogen and oxygen atoms in total. The van der Waals surface area contributed by atoms with E-state index in [4.69, 9.17) is 34.3 Å². The van der Waals surface area contributed by atoms with Gasteiger partial charge in [0.1, 0.15) is 5.58 Å². The van der Waals surface area contributed by atoms with Gasteiger partial charge in [0, 0.05) is 149 Å². The van der Waals surface area contributed by atoms with E-state index in [1.54, 1.807) is 0 Å². The smallest absolute Gasteiger partial charge is 0.167 e. The van der Waals surface area contributed by atoms with Gasteiger partial charge in [0.2, 0.25) is 0 Å². The number of hydrogen-bond donors (Lipinski definition) is 0. The van der Waals surface area contributed by atoms with Crippen molar-refractivity contribution in [2.24, 2.45) is 0 Å². The van der Waals surface area contributed by atoms with Crippen LogP contribution in [0, 0.1) is 0 Å². The van der Waals surface area contributed by atoms with E-state index in [9.17, 15) is 0 Å². The third-order valence-electron chi connectivity index (χ3n) is 28.0. The monoisotopic (exact) mass is 1840 g/mol. The Labute approximate surface area is 812 Å². The highest BCUT2D eigenvalue weighted by molar-refractivity contribution is 7.27. The van der Waals surface area contributed by atoms with E-state index in [1.165, 1.54) is 143 Å². The fourth-order valence-electron chi connectivity index (χ4n) is 21.7. The highest BCUT2D eigenvalue weighted by Crippen LogP contribution is 2.50. The van der Waals surface area contributed by atoms with Crippen LogP contribution in [0.2, 0.25) is 0 Å². The Bertz CT molecular complexity index is 9670. The molecule has 0 N–H and O–H groups in total. The molecule has 0 aliphatic carbocycles. The third-order valence-corrected chi connectivity index (χ3v) is 31.7. The fraction of sp³-hybridized carbons (Fsp3) is 0. The average Bonchev–Trinajstić information content (AvgIpc) is 1.57. The van der Waals surface area contributed by atoms with Crippen molar-refractivity contribution in [3.63, 3.8) is 0 Å². The highest BCUT2D eigenvalue weighted by Gasteiger charge is 2.28. The van der Waals surface area contributed by atoms with Gasteiger partial charge in [0.15, 0.2) is 40.5 Å². The maximum Gasteiger partial charge on any atom is 0.167 e. The molecule has 14 heteroatoms. The van der Waals surface area contributed by atoms with Crippen molar-refractivity contribution in [1.82, 2.24) is 48.2 Å². The normalized spacial score (nSPS) is 12.0. The van der Waals surface area contributed by atoms with Gasteiger partial charge in [-0.05, 0) is 144 Å². The summed E-state index contributed by atoms with van der Waals surface area (Å²) in [4.78, 5) is 30.4. The van der Waals surface area contributed by atoms with Crippen molar-refractivity contribution < 1.29 is 4.42 Å². The Morgan fingerprint density at radius 3 is 0.907 bits per heavy atom. The minimum atomic E-state index is 0.554. The summed E-state index contributed by atoms with van der Waals surface area (Å²) >= 11 is 5.57. The summed E-state index contributed by atoms with van der Waals surface area (Å²) in [5.74, 6) is 3.73. The van der Waals surface area contributed by atoms with Gasteiger partial charge >= 0.3 is 0 Å². The second kappa shape index (κ2) is 31.9. The first-order chi connectivity index (χ1) is 69.4. The van der Waals surface area contributed by atoms with Crippen molar-refractivity contribution >= 4 is 204 Å². The van der Waals surface area contributed by atoms with Gasteiger partial charge in [0.05, 0.1) is 65.8 Å². The van der Waals surface area contributed by atoms with Crippen molar-refractivity contribution in [1.29, 1.82) is 0 Å². The van der Waals surface area contributed by atoms with Gasteiger partial charge in [-0.2, -0.15) is 0 Å². The van der Waals surface area contributed by atoms with E-state index in [-0.39, 0.29) is 0 Å². The molecule has 10 aromatic heterocycles. The van der Waals surface area contributed by atoms with Crippen molar-refractivity contribution in [2.75, 3.05) is 0 Å². The zero-order valence-corrected chi connectivity index (χ0v) is 77.3. The standard InChI is InChI=1S/C63H37N5OS.C63H37N5S2/c1-3-16-38(17-4-1)61-64-62(39-18-5-2-6-19-39)66-63(65-61)49-27-14-24-46-47-25-15-30-56(59(47)69-58(46)49)68-53-29-11-8-21-44(53)51-37-41(33-35-55(51)68)67-52-28-10-7-20-43(52)50-36-40(32-34-54(50)67)42-23-13-26-48-45-22-9-12-31-57(45)70-60(42)48;1-3-16-38(17-4-1)61-64-62(39-18-5-2-6-19-39)66-63(65-61)49-27-14-25-47-48-26-15-30-56(60(48)70-59(47)49)68-53-29-11-8-21-44(53)51-37-41(33-35-55(51)68)67-52-28-10-7-20-43(52)50-36-40(32-34-54(50)67)42-23-13-24-46-45-22-9-12-31-57(45)69-58(42)46/h2*1-37H. The Morgan fingerprint density at radius 1 is 0.164 bits per heavy atom. The molecule has 30 rings (SSSR count). The first-order valence-electron chi connectivity index (χ1n) is 47.0. The van der Waals surface area contributed by atoms with Crippen LogP contribution in [-0.4, -0.2) is 48.2 Å². The van der Waals surface area contributed by atoms with Gasteiger partial charge in [-0.1, -0.05) is 328 Å². The lowest BCUT2D eigenvalue weighted by Crippen LogP contribution is -2.00. The number of furan rings is 1. The molecule has 140 heavy (non-hydrogen) atoms. The molecule has 0 fully saturated rings. The van der Waals surface area contributed by atoms with Crippen LogP contribution in [0.25, 0.3) is 283 Å². The molecular weight excluding hydrogens is 1770 g/mol. The van der Waals surface area contributed by atoms with E-state index < -0.39 is 0 Å². The molecule has 0 bridgehead atoms. The summed E-state index contributed by atoms with van der Waals surface area (Å²) in [6.07, 6.45) is 0. The molecule has 30 aromatic rings. The summed E-state index contributed by atoms with van der Waals surface area (Å²) in [7, 11) is 0. The van der Waals surface area contributed by atoms with Crippen LogP contribution in [-0.2, 0) is 0 Å². The number of fused-ring (bicyclic) bond motifs is 24. The minimum Gasteiger partial charge on any atom is -0.453 e. The van der Waals surface area contributed by atoms with E-state index in [2.05, 4.69) is 364 Å². The van der Waals surface area contributed by atoms with Gasteiger partial charge in [-0.15, -0.1) is 34.0 Å². The van der Waals surface area contributed by atoms with Gasteiger partial charge < -0.3 is 22.7 Å². The van der Waals surface area contributed by atoms with E-state index >= 15 is 0 Å². The highest BCUT2D eigenvalue weighted by atomic mass is 32.1. The molecule has 0 saturated heterocycles.